The molecule has 4 nitrogen and oxygen atoms in total. The largest absolute Gasteiger partial charge is 0.496 e. The molecule has 0 spiro atoms. The summed E-state index contributed by atoms with van der Waals surface area (Å²) in [4.78, 5) is 11.7. The lowest BCUT2D eigenvalue weighted by Crippen LogP contribution is -2.09. The molecule has 0 amide bonds. The summed E-state index contributed by atoms with van der Waals surface area (Å²) in [6.45, 7) is 1.93. The lowest BCUT2D eigenvalue weighted by Gasteiger charge is -2.16. The van der Waals surface area contributed by atoms with E-state index in [2.05, 4.69) is 0 Å². The summed E-state index contributed by atoms with van der Waals surface area (Å²) < 4.78 is 49.1. The Morgan fingerprint density at radius 2 is 1.85 bits per heavy atom. The number of benzene rings is 2. The van der Waals surface area contributed by atoms with Crippen molar-refractivity contribution in [3.05, 3.63) is 53.1 Å². The Balaban J connectivity index is 2.50. The molecule has 2 aromatic rings. The zero-order valence-electron chi connectivity index (χ0n) is 14.5. The molecule has 140 valence electrons. The summed E-state index contributed by atoms with van der Waals surface area (Å²) >= 11 is 0. The van der Waals surface area contributed by atoms with E-state index >= 15 is 0 Å². The second kappa shape index (κ2) is 8.23. The first kappa shape index (κ1) is 19.8. The third-order valence-corrected chi connectivity index (χ3v) is 3.86. The fourth-order valence-corrected chi connectivity index (χ4v) is 2.66. The summed E-state index contributed by atoms with van der Waals surface area (Å²) in [5.74, 6) is 0.0992. The van der Waals surface area contributed by atoms with Crippen LogP contribution in [0.3, 0.4) is 0 Å². The van der Waals surface area contributed by atoms with Crippen LogP contribution in [-0.2, 0) is 28.7 Å². The van der Waals surface area contributed by atoms with E-state index in [1.807, 2.05) is 0 Å². The summed E-state index contributed by atoms with van der Waals surface area (Å²) in [7, 11) is 1.47. The van der Waals surface area contributed by atoms with Crippen LogP contribution in [0.15, 0.2) is 36.4 Å². The number of halogens is 3. The minimum absolute atomic E-state index is 0.0590. The minimum atomic E-state index is -4.45. The Morgan fingerprint density at radius 1 is 1.12 bits per heavy atom. The Labute approximate surface area is 149 Å². The van der Waals surface area contributed by atoms with E-state index in [4.69, 9.17) is 15.2 Å². The summed E-state index contributed by atoms with van der Waals surface area (Å²) in [6.07, 6.45) is -4.39. The predicted octanol–water partition coefficient (Wildman–Crippen LogP) is 3.95. The lowest BCUT2D eigenvalue weighted by atomic mass is 9.94. The number of alkyl halides is 3. The van der Waals surface area contributed by atoms with Crippen LogP contribution >= 0.6 is 0 Å². The summed E-state index contributed by atoms with van der Waals surface area (Å²) in [6, 6.07) is 8.50. The molecule has 7 heteroatoms. The minimum Gasteiger partial charge on any atom is -0.496 e. The molecule has 0 saturated heterocycles. The van der Waals surface area contributed by atoms with Crippen LogP contribution in [0.2, 0.25) is 0 Å². The molecule has 0 saturated carbocycles. The van der Waals surface area contributed by atoms with Crippen molar-refractivity contribution in [2.24, 2.45) is 5.73 Å². The number of ether oxygens (including phenoxy) is 2. The molecule has 0 aromatic heterocycles. The molecule has 0 fully saturated rings. The maximum absolute atomic E-state index is 12.9. The van der Waals surface area contributed by atoms with Crippen LogP contribution in [0.1, 0.15) is 23.6 Å². The quantitative estimate of drug-likeness (QED) is 0.786. The van der Waals surface area contributed by atoms with Crippen LogP contribution in [0.25, 0.3) is 11.1 Å². The van der Waals surface area contributed by atoms with Crippen LogP contribution in [-0.4, -0.2) is 19.7 Å². The third kappa shape index (κ3) is 4.54. The van der Waals surface area contributed by atoms with Gasteiger partial charge in [0, 0.05) is 12.1 Å². The topological polar surface area (TPSA) is 61.5 Å². The SMILES string of the molecule is CCOC(=O)Cc1ccc(OC)c(-c2ccc(C(F)(F)F)cc2CN)c1. The molecule has 0 aliphatic rings. The number of rotatable bonds is 6. The Bertz CT molecular complexity index is 788. The van der Waals surface area contributed by atoms with Crippen LogP contribution < -0.4 is 10.5 Å². The smallest absolute Gasteiger partial charge is 0.416 e. The normalized spacial score (nSPS) is 11.3. The zero-order chi connectivity index (χ0) is 19.3. The van der Waals surface area contributed by atoms with Crippen LogP contribution in [0, 0.1) is 0 Å². The van der Waals surface area contributed by atoms with Gasteiger partial charge in [-0.15, -0.1) is 0 Å². The molecule has 0 heterocycles. The number of hydrogen-bond donors (Lipinski definition) is 1. The van der Waals surface area contributed by atoms with Crippen molar-refractivity contribution in [2.45, 2.75) is 26.1 Å². The molecule has 0 aliphatic heterocycles. The van der Waals surface area contributed by atoms with Gasteiger partial charge in [0.25, 0.3) is 0 Å². The van der Waals surface area contributed by atoms with Gasteiger partial charge in [0.1, 0.15) is 5.75 Å². The zero-order valence-corrected chi connectivity index (χ0v) is 14.5. The third-order valence-electron chi connectivity index (χ3n) is 3.86. The fourth-order valence-electron chi connectivity index (χ4n) is 2.66. The van der Waals surface area contributed by atoms with Gasteiger partial charge in [0.15, 0.2) is 0 Å². The monoisotopic (exact) mass is 367 g/mol. The van der Waals surface area contributed by atoms with E-state index in [9.17, 15) is 18.0 Å². The molecule has 0 bridgehead atoms. The number of methoxy groups -OCH3 is 1. The standard InChI is InChI=1S/C19H20F3NO3/c1-3-26-18(24)9-12-4-7-17(25-2)16(8-12)15-6-5-14(19(20,21)22)10-13(15)11-23/h4-8,10H,3,9,11,23H2,1-2H3. The Kier molecular flexibility index (Phi) is 6.26. The van der Waals surface area contributed by atoms with Gasteiger partial charge >= 0.3 is 12.1 Å². The van der Waals surface area contributed by atoms with Gasteiger partial charge in [-0.25, -0.2) is 0 Å². The second-order valence-corrected chi connectivity index (χ2v) is 5.59. The van der Waals surface area contributed by atoms with Crippen molar-refractivity contribution in [3.63, 3.8) is 0 Å². The van der Waals surface area contributed by atoms with Crippen molar-refractivity contribution in [2.75, 3.05) is 13.7 Å². The van der Waals surface area contributed by atoms with Crippen LogP contribution in [0.4, 0.5) is 13.2 Å². The van der Waals surface area contributed by atoms with Crippen molar-refractivity contribution in [1.29, 1.82) is 0 Å². The van der Waals surface area contributed by atoms with Gasteiger partial charge in [-0.1, -0.05) is 12.1 Å². The van der Waals surface area contributed by atoms with Gasteiger partial charge in [0.2, 0.25) is 0 Å². The van der Waals surface area contributed by atoms with Crippen molar-refractivity contribution >= 4 is 5.97 Å². The van der Waals surface area contributed by atoms with E-state index in [1.54, 1.807) is 25.1 Å². The number of carbonyl (C=O) groups excluding carboxylic acids is 1. The average Bonchev–Trinajstić information content (AvgIpc) is 2.60. The van der Waals surface area contributed by atoms with E-state index in [0.717, 1.165) is 12.1 Å². The predicted molar refractivity (Wildman–Crippen MR) is 91.7 cm³/mol. The molecule has 26 heavy (non-hydrogen) atoms. The van der Waals surface area contributed by atoms with Gasteiger partial charge in [0.05, 0.1) is 25.7 Å². The first-order chi connectivity index (χ1) is 12.3. The lowest BCUT2D eigenvalue weighted by molar-refractivity contribution is -0.142. The number of hydrogen-bond acceptors (Lipinski definition) is 4. The molecule has 0 unspecified atom stereocenters. The highest BCUT2D eigenvalue weighted by molar-refractivity contribution is 5.77. The highest BCUT2D eigenvalue weighted by atomic mass is 19.4. The van der Waals surface area contributed by atoms with Gasteiger partial charge in [-0.05, 0) is 47.9 Å². The molecule has 0 atom stereocenters. The van der Waals surface area contributed by atoms with E-state index < -0.39 is 11.7 Å². The van der Waals surface area contributed by atoms with Crippen molar-refractivity contribution in [1.82, 2.24) is 0 Å². The molecule has 2 N–H and O–H groups in total. The fraction of sp³-hybridized carbons (Fsp3) is 0.316. The van der Waals surface area contributed by atoms with Crippen molar-refractivity contribution < 1.29 is 27.4 Å². The average molecular weight is 367 g/mol. The molecular formula is C19H20F3NO3. The van der Waals surface area contributed by atoms with Crippen molar-refractivity contribution in [3.8, 4) is 16.9 Å². The highest BCUT2D eigenvalue weighted by Crippen LogP contribution is 2.37. The van der Waals surface area contributed by atoms with E-state index in [1.165, 1.54) is 13.2 Å². The molecular weight excluding hydrogens is 347 g/mol. The van der Waals surface area contributed by atoms with Crippen LogP contribution in [0.5, 0.6) is 5.75 Å². The number of esters is 1. The van der Waals surface area contributed by atoms with E-state index in [-0.39, 0.29) is 25.5 Å². The van der Waals surface area contributed by atoms with E-state index in [0.29, 0.717) is 28.0 Å². The van der Waals surface area contributed by atoms with Gasteiger partial charge in [-0.2, -0.15) is 13.2 Å². The summed E-state index contributed by atoms with van der Waals surface area (Å²) in [5.41, 5.74) is 7.02. The maximum atomic E-state index is 12.9. The molecule has 0 radical (unpaired) electrons. The highest BCUT2D eigenvalue weighted by Gasteiger charge is 2.31. The first-order valence-corrected chi connectivity index (χ1v) is 8.03. The Hall–Kier alpha value is -2.54. The Morgan fingerprint density at radius 3 is 2.42 bits per heavy atom. The maximum Gasteiger partial charge on any atom is 0.416 e. The summed E-state index contributed by atoms with van der Waals surface area (Å²) in [5, 5.41) is 0. The first-order valence-electron chi connectivity index (χ1n) is 8.03. The van der Waals surface area contributed by atoms with Gasteiger partial charge in [-0.3, -0.25) is 4.79 Å². The second-order valence-electron chi connectivity index (χ2n) is 5.59. The molecule has 2 aromatic carbocycles. The molecule has 2 rings (SSSR count). The molecule has 0 aliphatic carbocycles. The number of carbonyl (C=O) groups is 1. The number of nitrogens with two attached hydrogens (primary N) is 1. The van der Waals surface area contributed by atoms with Gasteiger partial charge < -0.3 is 15.2 Å².